The van der Waals surface area contributed by atoms with E-state index in [0.29, 0.717) is 11.6 Å². The average molecular weight is 450 g/mol. The minimum Gasteiger partial charge on any atom is -0.478 e. The van der Waals surface area contributed by atoms with Gasteiger partial charge < -0.3 is 10.4 Å². The quantitative estimate of drug-likeness (QED) is 0.580. The molecule has 12 heteroatoms. The van der Waals surface area contributed by atoms with E-state index < -0.39 is 27.8 Å². The molecule has 3 rings (SSSR count). The number of nitrogens with one attached hydrogen (secondary N) is 1. The number of benzene rings is 1. The van der Waals surface area contributed by atoms with Gasteiger partial charge in [0.25, 0.3) is 5.91 Å². The number of rotatable bonds is 6. The minimum atomic E-state index is -3.55. The second-order valence-electron chi connectivity index (χ2n) is 6.38. The van der Waals surface area contributed by atoms with Crippen molar-refractivity contribution in [1.29, 1.82) is 0 Å². The lowest BCUT2D eigenvalue weighted by Gasteiger charge is -2.15. The predicted octanol–water partition coefficient (Wildman–Crippen LogP) is 1.91. The van der Waals surface area contributed by atoms with Crippen molar-refractivity contribution in [1.82, 2.24) is 25.1 Å². The van der Waals surface area contributed by atoms with E-state index in [0.717, 1.165) is 6.26 Å². The molecule has 0 spiro atoms. The van der Waals surface area contributed by atoms with Gasteiger partial charge in [0.1, 0.15) is 6.33 Å². The largest absolute Gasteiger partial charge is 0.478 e. The summed E-state index contributed by atoms with van der Waals surface area (Å²) in [6.45, 7) is 1.66. The highest BCUT2D eigenvalue weighted by Gasteiger charge is 2.20. The predicted molar refractivity (Wildman–Crippen MR) is 107 cm³/mol. The first kappa shape index (κ1) is 21.4. The molecule has 0 saturated heterocycles. The number of amides is 1. The zero-order valence-corrected chi connectivity index (χ0v) is 17.3. The van der Waals surface area contributed by atoms with Gasteiger partial charge in [-0.15, -0.1) is 0 Å². The van der Waals surface area contributed by atoms with Crippen LogP contribution >= 0.6 is 11.6 Å². The van der Waals surface area contributed by atoms with Gasteiger partial charge in [-0.25, -0.2) is 23.2 Å². The van der Waals surface area contributed by atoms with Crippen molar-refractivity contribution in [2.24, 2.45) is 0 Å². The Labute approximate surface area is 176 Å². The molecule has 3 aromatic rings. The molecule has 0 aliphatic carbocycles. The number of carbonyl (C=O) groups is 2. The molecule has 0 bridgehead atoms. The standard InChI is InChI=1S/C18H16ClN5O5S/c1-10(23-17(25)12-5-13(19)7-14(6-12)30(2,28)29)16-21-9-22-24(16)15-4-3-11(8-20-15)18(26)27/h3-10H,1-2H3,(H,23,25)(H,26,27). The van der Waals surface area contributed by atoms with Gasteiger partial charge in [0.2, 0.25) is 0 Å². The van der Waals surface area contributed by atoms with Gasteiger partial charge >= 0.3 is 5.97 Å². The van der Waals surface area contributed by atoms with Gasteiger partial charge in [0, 0.05) is 23.0 Å². The van der Waals surface area contributed by atoms with Crippen molar-refractivity contribution in [2.45, 2.75) is 17.9 Å². The highest BCUT2D eigenvalue weighted by atomic mass is 35.5. The molecular formula is C18H16ClN5O5S. The summed E-state index contributed by atoms with van der Waals surface area (Å²) in [6.07, 6.45) is 3.48. The van der Waals surface area contributed by atoms with E-state index in [1.54, 1.807) is 6.92 Å². The Morgan fingerprint density at radius 1 is 1.17 bits per heavy atom. The van der Waals surface area contributed by atoms with Crippen LogP contribution in [0.15, 0.2) is 47.8 Å². The maximum Gasteiger partial charge on any atom is 0.337 e. The van der Waals surface area contributed by atoms with Crippen LogP contribution in [0.4, 0.5) is 0 Å². The number of hydrogen-bond donors (Lipinski definition) is 2. The van der Waals surface area contributed by atoms with Crippen LogP contribution in [0, 0.1) is 0 Å². The zero-order valence-electron chi connectivity index (χ0n) is 15.8. The van der Waals surface area contributed by atoms with Crippen molar-refractivity contribution in [3.05, 3.63) is 64.8 Å². The second kappa shape index (κ2) is 8.20. The second-order valence-corrected chi connectivity index (χ2v) is 8.84. The van der Waals surface area contributed by atoms with Crippen LogP contribution in [-0.2, 0) is 9.84 Å². The molecule has 0 fully saturated rings. The summed E-state index contributed by atoms with van der Waals surface area (Å²) in [5.41, 5.74) is 0.0918. The zero-order chi connectivity index (χ0) is 22.1. The normalized spacial score (nSPS) is 12.4. The molecule has 2 N–H and O–H groups in total. The van der Waals surface area contributed by atoms with Crippen LogP contribution in [0.25, 0.3) is 5.82 Å². The maximum atomic E-state index is 12.6. The molecule has 156 valence electrons. The summed E-state index contributed by atoms with van der Waals surface area (Å²) in [7, 11) is -3.55. The molecule has 30 heavy (non-hydrogen) atoms. The number of nitrogens with zero attached hydrogens (tertiary/aromatic N) is 4. The summed E-state index contributed by atoms with van der Waals surface area (Å²) in [5.74, 6) is -1.01. The molecule has 1 amide bonds. The van der Waals surface area contributed by atoms with Gasteiger partial charge in [-0.3, -0.25) is 4.79 Å². The van der Waals surface area contributed by atoms with Gasteiger partial charge in [0.15, 0.2) is 21.5 Å². The molecule has 0 aliphatic rings. The minimum absolute atomic E-state index is 0.0180. The molecule has 2 heterocycles. The number of aromatic nitrogens is 4. The van der Waals surface area contributed by atoms with Crippen LogP contribution < -0.4 is 5.32 Å². The average Bonchev–Trinajstić information content (AvgIpc) is 3.16. The number of carbonyl (C=O) groups excluding carboxylic acids is 1. The highest BCUT2D eigenvalue weighted by molar-refractivity contribution is 7.90. The Morgan fingerprint density at radius 3 is 2.50 bits per heavy atom. The van der Waals surface area contributed by atoms with Crippen molar-refractivity contribution >= 4 is 33.3 Å². The Kier molecular flexibility index (Phi) is 5.85. The van der Waals surface area contributed by atoms with E-state index in [1.165, 1.54) is 47.5 Å². The third-order valence-electron chi connectivity index (χ3n) is 4.08. The third kappa shape index (κ3) is 4.63. The van der Waals surface area contributed by atoms with E-state index >= 15 is 0 Å². The molecule has 0 radical (unpaired) electrons. The summed E-state index contributed by atoms with van der Waals surface area (Å²) in [5, 5.41) is 15.9. The van der Waals surface area contributed by atoms with Crippen LogP contribution in [-0.4, -0.2) is 51.4 Å². The van der Waals surface area contributed by atoms with Gasteiger partial charge in [0.05, 0.1) is 16.5 Å². The smallest absolute Gasteiger partial charge is 0.337 e. The highest BCUT2D eigenvalue weighted by Crippen LogP contribution is 2.20. The van der Waals surface area contributed by atoms with E-state index in [4.69, 9.17) is 16.7 Å². The third-order valence-corrected chi connectivity index (χ3v) is 5.39. The fraction of sp³-hybridized carbons (Fsp3) is 0.167. The van der Waals surface area contributed by atoms with Crippen LogP contribution in [0.5, 0.6) is 0 Å². The first-order valence-electron chi connectivity index (χ1n) is 8.47. The number of carboxylic acid groups (broad SMARTS) is 1. The van der Waals surface area contributed by atoms with E-state index in [9.17, 15) is 18.0 Å². The molecule has 1 aromatic carbocycles. The number of sulfone groups is 1. The fourth-order valence-electron chi connectivity index (χ4n) is 2.61. The molecular weight excluding hydrogens is 434 g/mol. The van der Waals surface area contributed by atoms with Crippen LogP contribution in [0.3, 0.4) is 0 Å². The summed E-state index contributed by atoms with van der Waals surface area (Å²) in [4.78, 5) is 31.7. The molecule has 10 nitrogen and oxygen atoms in total. The van der Waals surface area contributed by atoms with Crippen LogP contribution in [0.1, 0.15) is 39.5 Å². The molecule has 2 aromatic heterocycles. The van der Waals surface area contributed by atoms with Crippen molar-refractivity contribution in [2.75, 3.05) is 6.26 Å². The van der Waals surface area contributed by atoms with Crippen molar-refractivity contribution in [3.8, 4) is 5.82 Å². The Hall–Kier alpha value is -3.31. The number of aromatic carboxylic acids is 1. The number of halogens is 1. The van der Waals surface area contributed by atoms with E-state index in [-0.39, 0.29) is 21.0 Å². The fourth-order valence-corrected chi connectivity index (χ4v) is 3.59. The van der Waals surface area contributed by atoms with Crippen molar-refractivity contribution < 1.29 is 23.1 Å². The molecule has 0 saturated carbocycles. The summed E-state index contributed by atoms with van der Waals surface area (Å²) < 4.78 is 24.9. The number of pyridine rings is 1. The summed E-state index contributed by atoms with van der Waals surface area (Å²) in [6, 6.07) is 6.06. The van der Waals surface area contributed by atoms with E-state index in [2.05, 4.69) is 20.4 Å². The van der Waals surface area contributed by atoms with Gasteiger partial charge in [-0.2, -0.15) is 9.78 Å². The SMILES string of the molecule is CC(NC(=O)c1cc(Cl)cc(S(C)(=O)=O)c1)c1ncnn1-c1ccc(C(=O)O)cn1. The van der Waals surface area contributed by atoms with Gasteiger partial charge in [-0.1, -0.05) is 11.6 Å². The van der Waals surface area contributed by atoms with Crippen molar-refractivity contribution in [3.63, 3.8) is 0 Å². The lowest BCUT2D eigenvalue weighted by atomic mass is 10.2. The number of hydrogen-bond acceptors (Lipinski definition) is 7. The monoisotopic (exact) mass is 449 g/mol. The molecule has 1 unspecified atom stereocenters. The lowest BCUT2D eigenvalue weighted by Crippen LogP contribution is -2.29. The Balaban J connectivity index is 1.85. The van der Waals surface area contributed by atoms with Gasteiger partial charge in [-0.05, 0) is 37.3 Å². The molecule has 0 aliphatic heterocycles. The topological polar surface area (TPSA) is 144 Å². The Morgan fingerprint density at radius 2 is 1.90 bits per heavy atom. The summed E-state index contributed by atoms with van der Waals surface area (Å²) >= 11 is 5.96. The molecule has 1 atom stereocenters. The lowest BCUT2D eigenvalue weighted by molar-refractivity contribution is 0.0696. The number of carboxylic acids is 1. The van der Waals surface area contributed by atoms with Crippen LogP contribution in [0.2, 0.25) is 5.02 Å². The first-order chi connectivity index (χ1) is 14.1. The Bertz CT molecular complexity index is 1220. The van der Waals surface area contributed by atoms with E-state index in [1.807, 2.05) is 0 Å². The maximum absolute atomic E-state index is 12.6. The first-order valence-corrected chi connectivity index (χ1v) is 10.7.